The highest BCUT2D eigenvalue weighted by Gasteiger charge is 2.41. The molecule has 2 aromatic rings. The summed E-state index contributed by atoms with van der Waals surface area (Å²) in [6, 6.07) is 6.91. The number of anilines is 1. The Labute approximate surface area is 187 Å². The molecule has 0 radical (unpaired) electrons. The number of carboxylic acid groups (broad SMARTS) is 1. The number of ether oxygens (including phenoxy) is 1. The number of hydrogen-bond acceptors (Lipinski definition) is 4. The van der Waals surface area contributed by atoms with Crippen molar-refractivity contribution in [3.8, 4) is 0 Å². The van der Waals surface area contributed by atoms with E-state index in [1.165, 1.54) is 24.3 Å². The minimum Gasteiger partial charge on any atom is -0.450 e. The van der Waals surface area contributed by atoms with Gasteiger partial charge in [0.15, 0.2) is 0 Å². The fourth-order valence-electron chi connectivity index (χ4n) is 3.57. The van der Waals surface area contributed by atoms with Crippen LogP contribution in [0.15, 0.2) is 36.4 Å². The lowest BCUT2D eigenvalue weighted by Gasteiger charge is -2.24. The molecule has 1 heterocycles. The molecule has 1 fully saturated rings. The fraction of sp³-hybridized carbons (Fsp3) is 0.381. The van der Waals surface area contributed by atoms with E-state index in [-0.39, 0.29) is 11.3 Å². The van der Waals surface area contributed by atoms with Crippen LogP contribution >= 0.6 is 23.2 Å². The van der Waals surface area contributed by atoms with E-state index >= 15 is 0 Å². The summed E-state index contributed by atoms with van der Waals surface area (Å²) in [5.74, 6) is 0. The van der Waals surface area contributed by atoms with Gasteiger partial charge in [0.25, 0.3) is 0 Å². The van der Waals surface area contributed by atoms with Crippen molar-refractivity contribution in [2.24, 2.45) is 0 Å². The molecule has 2 N–H and O–H groups in total. The standard InChI is InChI=1S/C21H21Cl2F3N2O3/c1-12-8-13(2-4-17(12)22)19(21(24,25)26)27-15-3-5-18(23)14(9-15)10-28-7-6-16(11-28)31-20(29)30/h2-5,8-9,16,19,27H,6-7,10-11H2,1H3,(H,29,30)/t16-,19+/m1/s1. The van der Waals surface area contributed by atoms with Gasteiger partial charge >= 0.3 is 12.3 Å². The van der Waals surface area contributed by atoms with Crippen LogP contribution in [-0.4, -0.2) is 41.5 Å². The van der Waals surface area contributed by atoms with E-state index in [9.17, 15) is 18.0 Å². The van der Waals surface area contributed by atoms with E-state index < -0.39 is 24.5 Å². The largest absolute Gasteiger partial charge is 0.506 e. The summed E-state index contributed by atoms with van der Waals surface area (Å²) in [6.45, 7) is 3.01. The summed E-state index contributed by atoms with van der Waals surface area (Å²) in [7, 11) is 0. The number of likely N-dealkylation sites (tertiary alicyclic amines) is 1. The Bertz CT molecular complexity index is 956. The van der Waals surface area contributed by atoms with Gasteiger partial charge in [-0.3, -0.25) is 4.90 Å². The van der Waals surface area contributed by atoms with Crippen molar-refractivity contribution in [3.05, 3.63) is 63.1 Å². The molecule has 5 nitrogen and oxygen atoms in total. The molecule has 2 aromatic carbocycles. The number of hydrogen-bond donors (Lipinski definition) is 2. The third-order valence-corrected chi connectivity index (χ3v) is 5.88. The topological polar surface area (TPSA) is 61.8 Å². The smallest absolute Gasteiger partial charge is 0.450 e. The molecule has 1 saturated heterocycles. The number of halogens is 5. The minimum atomic E-state index is -4.53. The maximum absolute atomic E-state index is 13.8. The van der Waals surface area contributed by atoms with Crippen LogP contribution in [-0.2, 0) is 11.3 Å². The highest BCUT2D eigenvalue weighted by Crippen LogP contribution is 2.37. The lowest BCUT2D eigenvalue weighted by Crippen LogP contribution is -2.28. The fourth-order valence-corrected chi connectivity index (χ4v) is 3.87. The van der Waals surface area contributed by atoms with Crippen LogP contribution < -0.4 is 5.32 Å². The molecule has 0 aliphatic carbocycles. The second-order valence-electron chi connectivity index (χ2n) is 7.46. The van der Waals surface area contributed by atoms with Gasteiger partial charge in [0, 0.05) is 35.4 Å². The average molecular weight is 477 g/mol. The second-order valence-corrected chi connectivity index (χ2v) is 8.28. The highest BCUT2D eigenvalue weighted by atomic mass is 35.5. The maximum Gasteiger partial charge on any atom is 0.506 e. The summed E-state index contributed by atoms with van der Waals surface area (Å²) >= 11 is 12.2. The van der Waals surface area contributed by atoms with Crippen LogP contribution in [0.1, 0.15) is 29.2 Å². The van der Waals surface area contributed by atoms with Crippen molar-refractivity contribution in [2.75, 3.05) is 18.4 Å². The van der Waals surface area contributed by atoms with E-state index in [0.29, 0.717) is 47.2 Å². The molecule has 0 aromatic heterocycles. The molecule has 3 rings (SSSR count). The SMILES string of the molecule is Cc1cc([C@H](Nc2ccc(Cl)c(CN3CC[C@@H](OC(=O)O)C3)c2)C(F)(F)F)ccc1Cl. The van der Waals surface area contributed by atoms with Crippen molar-refractivity contribution in [2.45, 2.75) is 38.2 Å². The van der Waals surface area contributed by atoms with Crippen molar-refractivity contribution in [3.63, 3.8) is 0 Å². The number of nitrogens with one attached hydrogen (secondary N) is 1. The molecule has 0 spiro atoms. The van der Waals surface area contributed by atoms with Crippen molar-refractivity contribution in [1.82, 2.24) is 4.90 Å². The Morgan fingerprint density at radius 1 is 1.26 bits per heavy atom. The van der Waals surface area contributed by atoms with Gasteiger partial charge in [-0.05, 0) is 54.3 Å². The van der Waals surface area contributed by atoms with Crippen LogP contribution in [0, 0.1) is 6.92 Å². The van der Waals surface area contributed by atoms with Crippen molar-refractivity contribution >= 4 is 35.0 Å². The van der Waals surface area contributed by atoms with Crippen LogP contribution in [0.5, 0.6) is 0 Å². The van der Waals surface area contributed by atoms with Gasteiger partial charge in [-0.1, -0.05) is 35.3 Å². The number of carbonyl (C=O) groups is 1. The van der Waals surface area contributed by atoms with Crippen molar-refractivity contribution in [1.29, 1.82) is 0 Å². The Hall–Kier alpha value is -2.16. The molecule has 168 valence electrons. The lowest BCUT2D eigenvalue weighted by molar-refractivity contribution is -0.144. The maximum atomic E-state index is 13.8. The van der Waals surface area contributed by atoms with Gasteiger partial charge in [0.1, 0.15) is 12.1 Å². The zero-order chi connectivity index (χ0) is 22.8. The zero-order valence-electron chi connectivity index (χ0n) is 16.5. The molecule has 0 amide bonds. The van der Waals surface area contributed by atoms with Gasteiger partial charge < -0.3 is 15.2 Å². The third-order valence-electron chi connectivity index (χ3n) is 5.09. The number of aryl methyl sites for hydroxylation is 1. The summed E-state index contributed by atoms with van der Waals surface area (Å²) in [6.07, 6.45) is -5.74. The van der Waals surface area contributed by atoms with Crippen LogP contribution in [0.2, 0.25) is 10.0 Å². The molecule has 0 unspecified atom stereocenters. The predicted octanol–water partition coefficient (Wildman–Crippen LogP) is 6.29. The van der Waals surface area contributed by atoms with Crippen molar-refractivity contribution < 1.29 is 27.8 Å². The first kappa shape index (κ1) is 23.5. The molecular formula is C21H21Cl2F3N2O3. The lowest BCUT2D eigenvalue weighted by atomic mass is 10.0. The normalized spacial score (nSPS) is 18.1. The van der Waals surface area contributed by atoms with E-state index in [4.69, 9.17) is 33.0 Å². The number of benzene rings is 2. The molecule has 31 heavy (non-hydrogen) atoms. The summed E-state index contributed by atoms with van der Waals surface area (Å²) in [5, 5.41) is 12.1. The first-order valence-corrected chi connectivity index (χ1v) is 10.3. The number of alkyl halides is 3. The molecule has 10 heteroatoms. The number of rotatable bonds is 6. The minimum absolute atomic E-state index is 0.0547. The molecule has 1 aliphatic rings. The van der Waals surface area contributed by atoms with Gasteiger partial charge in [0.05, 0.1) is 0 Å². The molecule has 2 atom stereocenters. The zero-order valence-corrected chi connectivity index (χ0v) is 18.1. The Balaban J connectivity index is 1.77. The van der Waals surface area contributed by atoms with E-state index in [2.05, 4.69) is 5.32 Å². The van der Waals surface area contributed by atoms with E-state index in [0.717, 1.165) is 0 Å². The number of nitrogens with zero attached hydrogens (tertiary/aromatic N) is 1. The van der Waals surface area contributed by atoms with Crippen LogP contribution in [0.4, 0.5) is 23.7 Å². The van der Waals surface area contributed by atoms with Gasteiger partial charge in [0.2, 0.25) is 0 Å². The van der Waals surface area contributed by atoms with E-state index in [1.54, 1.807) is 19.1 Å². The molecular weight excluding hydrogens is 456 g/mol. The molecule has 1 aliphatic heterocycles. The summed E-state index contributed by atoms with van der Waals surface area (Å²) in [4.78, 5) is 12.6. The molecule has 0 saturated carbocycles. The van der Waals surface area contributed by atoms with Crippen LogP contribution in [0.25, 0.3) is 0 Å². The Morgan fingerprint density at radius 3 is 2.61 bits per heavy atom. The molecule has 0 bridgehead atoms. The van der Waals surface area contributed by atoms with Gasteiger partial charge in [-0.15, -0.1) is 0 Å². The first-order valence-electron chi connectivity index (χ1n) is 9.52. The quantitative estimate of drug-likeness (QED) is 0.479. The highest BCUT2D eigenvalue weighted by molar-refractivity contribution is 6.31. The summed E-state index contributed by atoms with van der Waals surface area (Å²) in [5.41, 5.74) is 1.51. The second kappa shape index (κ2) is 9.54. The van der Waals surface area contributed by atoms with E-state index in [1.807, 2.05) is 4.90 Å². The Morgan fingerprint density at radius 2 is 1.97 bits per heavy atom. The summed E-state index contributed by atoms with van der Waals surface area (Å²) < 4.78 is 46.1. The van der Waals surface area contributed by atoms with Gasteiger partial charge in [-0.2, -0.15) is 13.2 Å². The first-order chi connectivity index (χ1) is 14.5. The van der Waals surface area contributed by atoms with Gasteiger partial charge in [-0.25, -0.2) is 4.79 Å². The predicted molar refractivity (Wildman–Crippen MR) is 113 cm³/mol. The van der Waals surface area contributed by atoms with Crippen LogP contribution in [0.3, 0.4) is 0 Å². The Kier molecular flexibility index (Phi) is 7.24. The monoisotopic (exact) mass is 476 g/mol. The average Bonchev–Trinajstić information content (AvgIpc) is 3.10. The third kappa shape index (κ3) is 6.18.